The Labute approximate surface area is 121 Å². The van der Waals surface area contributed by atoms with Crippen LogP contribution in [0.2, 0.25) is 0 Å². The van der Waals surface area contributed by atoms with Gasteiger partial charge in [-0.3, -0.25) is 4.98 Å². The molecule has 1 aromatic carbocycles. The van der Waals surface area contributed by atoms with Crippen LogP contribution in [0.3, 0.4) is 0 Å². The van der Waals surface area contributed by atoms with Gasteiger partial charge < -0.3 is 10.1 Å². The number of rotatable bonds is 7. The van der Waals surface area contributed by atoms with Crippen molar-refractivity contribution in [3.05, 3.63) is 42.1 Å². The molecular weight excluding hydrogens is 248 g/mol. The number of aromatic nitrogens is 1. The largest absolute Gasteiger partial charge is 0.383 e. The summed E-state index contributed by atoms with van der Waals surface area (Å²) in [6.07, 6.45) is 0.992. The predicted octanol–water partition coefficient (Wildman–Crippen LogP) is 3.04. The molecule has 2 rings (SSSR count). The van der Waals surface area contributed by atoms with Gasteiger partial charge in [0, 0.05) is 30.8 Å². The number of ether oxygens (including phenoxy) is 1. The SMILES string of the molecule is COCCNC(C)C(C)Cc1ccc2ccccc2n1. The van der Waals surface area contributed by atoms with E-state index in [1.165, 1.54) is 5.39 Å². The van der Waals surface area contributed by atoms with Crippen LogP contribution >= 0.6 is 0 Å². The van der Waals surface area contributed by atoms with E-state index in [9.17, 15) is 0 Å². The Morgan fingerprint density at radius 2 is 1.95 bits per heavy atom. The predicted molar refractivity (Wildman–Crippen MR) is 84.0 cm³/mol. The van der Waals surface area contributed by atoms with Crippen LogP contribution in [0.1, 0.15) is 19.5 Å². The van der Waals surface area contributed by atoms with Gasteiger partial charge in [-0.05, 0) is 31.4 Å². The second-order valence-electron chi connectivity index (χ2n) is 5.41. The molecule has 0 fully saturated rings. The fourth-order valence-electron chi connectivity index (χ4n) is 2.32. The van der Waals surface area contributed by atoms with Crippen molar-refractivity contribution in [2.45, 2.75) is 26.3 Å². The summed E-state index contributed by atoms with van der Waals surface area (Å²) in [5.41, 5.74) is 2.24. The first-order valence-corrected chi connectivity index (χ1v) is 7.27. The Balaban J connectivity index is 1.96. The topological polar surface area (TPSA) is 34.1 Å². The molecule has 0 spiro atoms. The van der Waals surface area contributed by atoms with E-state index in [0.29, 0.717) is 12.0 Å². The van der Waals surface area contributed by atoms with Gasteiger partial charge in [-0.1, -0.05) is 31.2 Å². The van der Waals surface area contributed by atoms with Crippen molar-refractivity contribution in [1.82, 2.24) is 10.3 Å². The average molecular weight is 272 g/mol. The van der Waals surface area contributed by atoms with E-state index in [-0.39, 0.29) is 0 Å². The Kier molecular flexibility index (Phi) is 5.50. The highest BCUT2D eigenvalue weighted by Gasteiger charge is 2.13. The van der Waals surface area contributed by atoms with Crippen LogP contribution in [0.25, 0.3) is 10.9 Å². The van der Waals surface area contributed by atoms with Crippen molar-refractivity contribution in [1.29, 1.82) is 0 Å². The minimum atomic E-state index is 0.457. The maximum atomic E-state index is 5.06. The van der Waals surface area contributed by atoms with Crippen molar-refractivity contribution in [2.75, 3.05) is 20.3 Å². The van der Waals surface area contributed by atoms with E-state index >= 15 is 0 Å². The van der Waals surface area contributed by atoms with E-state index in [4.69, 9.17) is 9.72 Å². The standard InChI is InChI=1S/C17H24N2O/c1-13(14(2)18-10-11-20-3)12-16-9-8-15-6-4-5-7-17(15)19-16/h4-9,13-14,18H,10-12H2,1-3H3. The smallest absolute Gasteiger partial charge is 0.0705 e. The lowest BCUT2D eigenvalue weighted by molar-refractivity contribution is 0.192. The van der Waals surface area contributed by atoms with Gasteiger partial charge in [0.05, 0.1) is 12.1 Å². The molecule has 0 amide bonds. The van der Waals surface area contributed by atoms with Gasteiger partial charge in [-0.15, -0.1) is 0 Å². The number of para-hydroxylation sites is 1. The maximum Gasteiger partial charge on any atom is 0.0705 e. The van der Waals surface area contributed by atoms with Crippen molar-refractivity contribution in [3.63, 3.8) is 0 Å². The number of benzene rings is 1. The van der Waals surface area contributed by atoms with E-state index in [0.717, 1.165) is 30.8 Å². The molecule has 2 aromatic rings. The summed E-state index contributed by atoms with van der Waals surface area (Å²) in [7, 11) is 1.73. The van der Waals surface area contributed by atoms with Crippen LogP contribution in [-0.2, 0) is 11.2 Å². The maximum absolute atomic E-state index is 5.06. The minimum absolute atomic E-state index is 0.457. The summed E-state index contributed by atoms with van der Waals surface area (Å²) in [6.45, 7) is 6.14. The lowest BCUT2D eigenvalue weighted by Crippen LogP contribution is -2.35. The third-order valence-electron chi connectivity index (χ3n) is 3.81. The molecule has 0 bridgehead atoms. The number of hydrogen-bond acceptors (Lipinski definition) is 3. The molecule has 0 aliphatic rings. The van der Waals surface area contributed by atoms with Gasteiger partial charge in [0.2, 0.25) is 0 Å². The Morgan fingerprint density at radius 1 is 1.15 bits per heavy atom. The molecule has 108 valence electrons. The van der Waals surface area contributed by atoms with E-state index in [1.807, 2.05) is 12.1 Å². The highest BCUT2D eigenvalue weighted by Crippen LogP contribution is 2.15. The van der Waals surface area contributed by atoms with E-state index in [2.05, 4.69) is 43.4 Å². The van der Waals surface area contributed by atoms with Crippen LogP contribution in [0.4, 0.5) is 0 Å². The zero-order valence-electron chi connectivity index (χ0n) is 12.6. The van der Waals surface area contributed by atoms with E-state index < -0.39 is 0 Å². The number of fused-ring (bicyclic) bond motifs is 1. The molecular formula is C17H24N2O. The molecule has 0 saturated carbocycles. The summed E-state index contributed by atoms with van der Waals surface area (Å²) in [4.78, 5) is 4.74. The lowest BCUT2D eigenvalue weighted by Gasteiger charge is -2.21. The average Bonchev–Trinajstić information content (AvgIpc) is 2.47. The van der Waals surface area contributed by atoms with Crippen LogP contribution in [0.5, 0.6) is 0 Å². The quantitative estimate of drug-likeness (QED) is 0.787. The molecule has 0 saturated heterocycles. The van der Waals surface area contributed by atoms with Gasteiger partial charge in [0.1, 0.15) is 0 Å². The van der Waals surface area contributed by atoms with Crippen LogP contribution < -0.4 is 5.32 Å². The lowest BCUT2D eigenvalue weighted by atomic mass is 9.97. The molecule has 3 nitrogen and oxygen atoms in total. The molecule has 0 aliphatic heterocycles. The van der Waals surface area contributed by atoms with Crippen LogP contribution in [0.15, 0.2) is 36.4 Å². The first-order valence-electron chi connectivity index (χ1n) is 7.27. The number of pyridine rings is 1. The summed E-state index contributed by atoms with van der Waals surface area (Å²) in [6, 6.07) is 13.0. The Bertz CT molecular complexity index is 541. The molecule has 0 radical (unpaired) electrons. The molecule has 20 heavy (non-hydrogen) atoms. The summed E-state index contributed by atoms with van der Waals surface area (Å²) in [5.74, 6) is 0.542. The second-order valence-corrected chi connectivity index (χ2v) is 5.41. The fraction of sp³-hybridized carbons (Fsp3) is 0.471. The molecule has 3 heteroatoms. The van der Waals surface area contributed by atoms with Crippen LogP contribution in [0, 0.1) is 5.92 Å². The molecule has 2 atom stereocenters. The van der Waals surface area contributed by atoms with Crippen molar-refractivity contribution < 1.29 is 4.74 Å². The summed E-state index contributed by atoms with van der Waals surface area (Å²) >= 11 is 0. The molecule has 1 aromatic heterocycles. The monoisotopic (exact) mass is 272 g/mol. The van der Waals surface area contributed by atoms with Crippen molar-refractivity contribution in [3.8, 4) is 0 Å². The fourth-order valence-corrected chi connectivity index (χ4v) is 2.32. The van der Waals surface area contributed by atoms with Gasteiger partial charge in [-0.25, -0.2) is 0 Å². The zero-order chi connectivity index (χ0) is 14.4. The minimum Gasteiger partial charge on any atom is -0.383 e. The van der Waals surface area contributed by atoms with Crippen LogP contribution in [-0.4, -0.2) is 31.3 Å². The van der Waals surface area contributed by atoms with Gasteiger partial charge in [-0.2, -0.15) is 0 Å². The number of nitrogens with one attached hydrogen (secondary N) is 1. The first-order chi connectivity index (χ1) is 9.70. The second kappa shape index (κ2) is 7.36. The highest BCUT2D eigenvalue weighted by atomic mass is 16.5. The normalized spacial score (nSPS) is 14.3. The van der Waals surface area contributed by atoms with Gasteiger partial charge >= 0.3 is 0 Å². The Morgan fingerprint density at radius 3 is 2.75 bits per heavy atom. The highest BCUT2D eigenvalue weighted by molar-refractivity contribution is 5.78. The number of methoxy groups -OCH3 is 1. The summed E-state index contributed by atoms with van der Waals surface area (Å²) in [5, 5.41) is 4.69. The van der Waals surface area contributed by atoms with E-state index in [1.54, 1.807) is 7.11 Å². The third-order valence-corrected chi connectivity index (χ3v) is 3.81. The molecule has 1 heterocycles. The Hall–Kier alpha value is -1.45. The van der Waals surface area contributed by atoms with Crippen molar-refractivity contribution >= 4 is 10.9 Å². The molecule has 0 aliphatic carbocycles. The van der Waals surface area contributed by atoms with Gasteiger partial charge in [0.25, 0.3) is 0 Å². The number of hydrogen-bond donors (Lipinski definition) is 1. The molecule has 1 N–H and O–H groups in total. The third kappa shape index (κ3) is 4.02. The zero-order valence-corrected chi connectivity index (χ0v) is 12.6. The summed E-state index contributed by atoms with van der Waals surface area (Å²) < 4.78 is 5.06. The first kappa shape index (κ1) is 14.9. The number of nitrogens with zero attached hydrogens (tertiary/aromatic N) is 1. The molecule has 2 unspecified atom stereocenters. The van der Waals surface area contributed by atoms with Gasteiger partial charge in [0.15, 0.2) is 0 Å². The van der Waals surface area contributed by atoms with Crippen molar-refractivity contribution in [2.24, 2.45) is 5.92 Å².